The predicted octanol–water partition coefficient (Wildman–Crippen LogP) is 2.79. The van der Waals surface area contributed by atoms with Gasteiger partial charge in [0.15, 0.2) is 0 Å². The van der Waals surface area contributed by atoms with Crippen molar-refractivity contribution in [2.45, 2.75) is 32.1 Å². The Labute approximate surface area is 146 Å². The number of amides is 2. The van der Waals surface area contributed by atoms with Crippen molar-refractivity contribution in [1.29, 1.82) is 0 Å². The predicted molar refractivity (Wildman–Crippen MR) is 90.2 cm³/mol. The summed E-state index contributed by atoms with van der Waals surface area (Å²) in [5, 5.41) is 2.99. The highest BCUT2D eigenvalue weighted by Crippen LogP contribution is 2.49. The molecular weight excluding hydrogens is 331 g/mol. The normalized spacial score (nSPS) is 22.1. The van der Waals surface area contributed by atoms with E-state index in [4.69, 9.17) is 11.6 Å². The number of hydrogen-bond donors (Lipinski definition) is 1. The first kappa shape index (κ1) is 17.2. The van der Waals surface area contributed by atoms with E-state index in [-0.39, 0.29) is 40.2 Å². The number of benzene rings is 1. The molecule has 2 aliphatic rings. The largest absolute Gasteiger partial charge is 0.359 e. The van der Waals surface area contributed by atoms with Gasteiger partial charge in [-0.3, -0.25) is 9.59 Å². The summed E-state index contributed by atoms with van der Waals surface area (Å²) < 4.78 is 13.9. The van der Waals surface area contributed by atoms with Crippen molar-refractivity contribution in [3.05, 3.63) is 34.6 Å². The maximum absolute atomic E-state index is 13.9. The molecule has 130 valence electrons. The molecule has 1 atom stereocenters. The third kappa shape index (κ3) is 3.02. The summed E-state index contributed by atoms with van der Waals surface area (Å²) in [5.74, 6) is -0.811. The van der Waals surface area contributed by atoms with Crippen LogP contribution in [0.1, 0.15) is 31.2 Å². The Balaban J connectivity index is 1.78. The zero-order chi connectivity index (χ0) is 17.3. The topological polar surface area (TPSA) is 49.4 Å². The Morgan fingerprint density at radius 1 is 1.38 bits per heavy atom. The fourth-order valence-corrected chi connectivity index (χ4v) is 4.47. The molecule has 1 aromatic rings. The van der Waals surface area contributed by atoms with Crippen LogP contribution in [0.3, 0.4) is 0 Å². The third-order valence-electron chi connectivity index (χ3n) is 5.55. The van der Waals surface area contributed by atoms with E-state index in [9.17, 15) is 14.0 Å². The van der Waals surface area contributed by atoms with Gasteiger partial charge in [-0.15, -0.1) is 0 Å². The lowest BCUT2D eigenvalue weighted by atomic mass is 9.76. The van der Waals surface area contributed by atoms with E-state index in [0.717, 1.165) is 25.7 Å². The lowest BCUT2D eigenvalue weighted by Gasteiger charge is -2.28. The van der Waals surface area contributed by atoms with Gasteiger partial charge in [0.25, 0.3) is 0 Å². The molecular formula is C18H22ClFN2O2. The lowest BCUT2D eigenvalue weighted by molar-refractivity contribution is -0.130. The van der Waals surface area contributed by atoms with Crippen molar-refractivity contribution in [2.75, 3.05) is 20.1 Å². The number of halogens is 2. The summed E-state index contributed by atoms with van der Waals surface area (Å²) in [5.41, 5.74) is 0.113. The van der Waals surface area contributed by atoms with Crippen LogP contribution < -0.4 is 5.32 Å². The number of nitrogens with zero attached hydrogens (tertiary/aromatic N) is 1. The van der Waals surface area contributed by atoms with E-state index in [1.54, 1.807) is 18.0 Å². The molecule has 1 aliphatic carbocycles. The Morgan fingerprint density at radius 3 is 2.71 bits per heavy atom. The van der Waals surface area contributed by atoms with Crippen LogP contribution in [-0.4, -0.2) is 36.9 Å². The van der Waals surface area contributed by atoms with E-state index in [1.165, 1.54) is 12.1 Å². The molecule has 1 saturated heterocycles. The highest BCUT2D eigenvalue weighted by Gasteiger charge is 2.51. The summed E-state index contributed by atoms with van der Waals surface area (Å²) in [6.07, 6.45) is 4.05. The van der Waals surface area contributed by atoms with Crippen molar-refractivity contribution in [1.82, 2.24) is 10.2 Å². The summed E-state index contributed by atoms with van der Waals surface area (Å²) in [7, 11) is 1.63. The second kappa shape index (κ2) is 6.71. The molecule has 1 N–H and O–H groups in total. The molecule has 0 radical (unpaired) electrons. The molecule has 0 unspecified atom stereocenters. The molecule has 1 aromatic carbocycles. The number of rotatable bonds is 3. The molecule has 2 fully saturated rings. The molecule has 0 bridgehead atoms. The minimum absolute atomic E-state index is 0.00359. The summed E-state index contributed by atoms with van der Waals surface area (Å²) in [6, 6.07) is 4.42. The van der Waals surface area contributed by atoms with Crippen LogP contribution in [0.5, 0.6) is 0 Å². The first-order valence-corrected chi connectivity index (χ1v) is 8.77. The Hall–Kier alpha value is -1.62. The SMILES string of the molecule is CNC(=O)[C@@H]1CN(C(=O)Cc2c(F)cccc2Cl)CC12CCCC2. The van der Waals surface area contributed by atoms with Crippen molar-refractivity contribution in [2.24, 2.45) is 11.3 Å². The van der Waals surface area contributed by atoms with Crippen LogP contribution in [0, 0.1) is 17.2 Å². The molecule has 3 rings (SSSR count). The van der Waals surface area contributed by atoms with Gasteiger partial charge in [-0.2, -0.15) is 0 Å². The van der Waals surface area contributed by atoms with Crippen LogP contribution in [0.15, 0.2) is 18.2 Å². The first-order valence-electron chi connectivity index (χ1n) is 8.39. The molecule has 1 spiro atoms. The second-order valence-electron chi connectivity index (χ2n) is 6.89. The minimum Gasteiger partial charge on any atom is -0.359 e. The lowest BCUT2D eigenvalue weighted by Crippen LogP contribution is -2.38. The maximum Gasteiger partial charge on any atom is 0.227 e. The van der Waals surface area contributed by atoms with E-state index < -0.39 is 5.82 Å². The molecule has 6 heteroatoms. The van der Waals surface area contributed by atoms with Crippen molar-refractivity contribution in [3.63, 3.8) is 0 Å². The zero-order valence-electron chi connectivity index (χ0n) is 13.8. The van der Waals surface area contributed by atoms with Gasteiger partial charge in [0.2, 0.25) is 11.8 Å². The van der Waals surface area contributed by atoms with Gasteiger partial charge in [0, 0.05) is 36.1 Å². The summed E-state index contributed by atoms with van der Waals surface area (Å²) in [6.45, 7) is 0.987. The molecule has 0 aromatic heterocycles. The number of carbonyl (C=O) groups is 2. The molecule has 24 heavy (non-hydrogen) atoms. The van der Waals surface area contributed by atoms with Crippen molar-refractivity contribution >= 4 is 23.4 Å². The molecule has 1 saturated carbocycles. The highest BCUT2D eigenvalue weighted by molar-refractivity contribution is 6.31. The van der Waals surface area contributed by atoms with E-state index in [0.29, 0.717) is 13.1 Å². The van der Waals surface area contributed by atoms with Gasteiger partial charge in [-0.05, 0) is 25.0 Å². The van der Waals surface area contributed by atoms with Gasteiger partial charge in [-0.25, -0.2) is 4.39 Å². The minimum atomic E-state index is -0.464. The molecule has 1 aliphatic heterocycles. The van der Waals surface area contributed by atoms with Gasteiger partial charge in [0.1, 0.15) is 5.82 Å². The average Bonchev–Trinajstić information content (AvgIpc) is 3.18. The van der Waals surface area contributed by atoms with E-state index >= 15 is 0 Å². The van der Waals surface area contributed by atoms with Crippen LogP contribution in [0.25, 0.3) is 0 Å². The smallest absolute Gasteiger partial charge is 0.227 e. The number of carbonyl (C=O) groups excluding carboxylic acids is 2. The standard InChI is InChI=1S/C18H22ClFN2O2/c1-21-17(24)13-10-22(11-18(13)7-2-3-8-18)16(23)9-12-14(19)5-4-6-15(12)20/h4-6,13H,2-3,7-11H2,1H3,(H,21,24)/t13-/m0/s1. The monoisotopic (exact) mass is 352 g/mol. The van der Waals surface area contributed by atoms with Gasteiger partial charge in [0.05, 0.1) is 12.3 Å². The van der Waals surface area contributed by atoms with Crippen LogP contribution in [0.2, 0.25) is 5.02 Å². The van der Waals surface area contributed by atoms with E-state index in [2.05, 4.69) is 5.32 Å². The highest BCUT2D eigenvalue weighted by atomic mass is 35.5. The second-order valence-corrected chi connectivity index (χ2v) is 7.29. The Morgan fingerprint density at radius 2 is 2.08 bits per heavy atom. The van der Waals surface area contributed by atoms with E-state index in [1.807, 2.05) is 0 Å². The Kier molecular flexibility index (Phi) is 4.81. The summed E-state index contributed by atoms with van der Waals surface area (Å²) >= 11 is 6.03. The quantitative estimate of drug-likeness (QED) is 0.909. The average molecular weight is 353 g/mol. The van der Waals surface area contributed by atoms with Crippen LogP contribution in [-0.2, 0) is 16.0 Å². The molecule has 2 amide bonds. The molecule has 4 nitrogen and oxygen atoms in total. The number of hydrogen-bond acceptors (Lipinski definition) is 2. The molecule has 1 heterocycles. The summed E-state index contributed by atoms with van der Waals surface area (Å²) in [4.78, 5) is 26.7. The number of likely N-dealkylation sites (tertiary alicyclic amines) is 1. The van der Waals surface area contributed by atoms with Crippen LogP contribution in [0.4, 0.5) is 4.39 Å². The maximum atomic E-state index is 13.9. The van der Waals surface area contributed by atoms with Gasteiger partial charge >= 0.3 is 0 Å². The number of nitrogens with one attached hydrogen (secondary N) is 1. The fourth-order valence-electron chi connectivity index (χ4n) is 4.24. The Bertz CT molecular complexity index is 638. The van der Waals surface area contributed by atoms with Gasteiger partial charge in [-0.1, -0.05) is 30.5 Å². The third-order valence-corrected chi connectivity index (χ3v) is 5.91. The van der Waals surface area contributed by atoms with Crippen molar-refractivity contribution < 1.29 is 14.0 Å². The van der Waals surface area contributed by atoms with Gasteiger partial charge < -0.3 is 10.2 Å². The zero-order valence-corrected chi connectivity index (χ0v) is 14.5. The van der Waals surface area contributed by atoms with Crippen molar-refractivity contribution in [3.8, 4) is 0 Å². The fraction of sp³-hybridized carbons (Fsp3) is 0.556. The first-order chi connectivity index (χ1) is 11.5. The van der Waals surface area contributed by atoms with Crippen LogP contribution >= 0.6 is 11.6 Å².